The van der Waals surface area contributed by atoms with Gasteiger partial charge in [0.2, 0.25) is 0 Å². The molecule has 270 valence electrons. The molecule has 0 aromatic carbocycles. The number of aliphatic carboxylic acids is 1. The topological polar surface area (TPSA) is 149 Å². The van der Waals surface area contributed by atoms with Gasteiger partial charge in [0.05, 0.1) is 18.1 Å². The molecule has 0 bridgehead atoms. The Morgan fingerprint density at radius 3 is 1.53 bits per heavy atom. The Labute approximate surface area is 291 Å². The zero-order valence-corrected chi connectivity index (χ0v) is 30.0. The van der Waals surface area contributed by atoms with Gasteiger partial charge < -0.3 is 20.4 Å². The molecule has 14 atom stereocenters. The number of carbonyl (C=O) groups excluding carboxylic acids is 3. The van der Waals surface area contributed by atoms with Gasteiger partial charge in [-0.25, -0.2) is 0 Å². The third-order valence-corrected chi connectivity index (χ3v) is 16.6. The molecule has 8 rings (SSSR count). The van der Waals surface area contributed by atoms with E-state index in [1.807, 2.05) is 12.2 Å². The Morgan fingerprint density at radius 1 is 0.673 bits per heavy atom. The first-order chi connectivity index (χ1) is 23.1. The molecule has 0 heterocycles. The van der Waals surface area contributed by atoms with Gasteiger partial charge in [-0.2, -0.15) is 0 Å². The number of carboxylic acid groups (broad SMARTS) is 1. The number of ketones is 3. The van der Waals surface area contributed by atoms with Crippen LogP contribution in [-0.4, -0.2) is 62.6 Å². The van der Waals surface area contributed by atoms with Crippen molar-refractivity contribution in [3.8, 4) is 0 Å². The van der Waals surface area contributed by atoms with E-state index in [1.165, 1.54) is 11.1 Å². The van der Waals surface area contributed by atoms with Crippen molar-refractivity contribution >= 4 is 23.3 Å². The molecule has 0 radical (unpaired) electrons. The van der Waals surface area contributed by atoms with Crippen molar-refractivity contribution in [1.29, 1.82) is 0 Å². The minimum atomic E-state index is -0.698. The Bertz CT molecular complexity index is 1480. The van der Waals surface area contributed by atoms with E-state index in [-0.39, 0.29) is 69.3 Å². The molecular formula is C41H58O8. The van der Waals surface area contributed by atoms with E-state index >= 15 is 0 Å². The maximum Gasteiger partial charge on any atom is 0.307 e. The van der Waals surface area contributed by atoms with Crippen LogP contribution in [0.5, 0.6) is 0 Å². The first-order valence-electron chi connectivity index (χ1n) is 19.3. The average molecular weight is 679 g/mol. The van der Waals surface area contributed by atoms with Crippen LogP contribution in [0.3, 0.4) is 0 Å². The van der Waals surface area contributed by atoms with Gasteiger partial charge in [-0.1, -0.05) is 38.8 Å². The van der Waals surface area contributed by atoms with E-state index in [2.05, 4.69) is 27.7 Å². The lowest BCUT2D eigenvalue weighted by Crippen LogP contribution is -2.57. The Hall–Kier alpha value is -2.16. The fraction of sp³-hybridized carbons (Fsp3) is 0.805. The first-order valence-corrected chi connectivity index (χ1v) is 19.3. The molecule has 8 heteroatoms. The van der Waals surface area contributed by atoms with Crippen molar-refractivity contribution in [2.45, 2.75) is 130 Å². The lowest BCUT2D eigenvalue weighted by Gasteiger charge is -2.59. The summed E-state index contributed by atoms with van der Waals surface area (Å²) < 4.78 is 0. The van der Waals surface area contributed by atoms with Gasteiger partial charge in [0.25, 0.3) is 0 Å². The zero-order valence-electron chi connectivity index (χ0n) is 30.0. The summed E-state index contributed by atoms with van der Waals surface area (Å²) in [6.45, 7) is 8.36. The van der Waals surface area contributed by atoms with Crippen LogP contribution in [0.1, 0.15) is 118 Å². The van der Waals surface area contributed by atoms with Gasteiger partial charge in [-0.05, 0) is 146 Å². The molecule has 0 saturated heterocycles. The number of fused-ring (bicyclic) bond motifs is 10. The fourth-order valence-corrected chi connectivity index (χ4v) is 14.4. The first kappa shape index (κ1) is 35.3. The van der Waals surface area contributed by atoms with Gasteiger partial charge >= 0.3 is 5.97 Å². The highest BCUT2D eigenvalue weighted by molar-refractivity contribution is 5.92. The van der Waals surface area contributed by atoms with Crippen LogP contribution in [0.2, 0.25) is 0 Å². The van der Waals surface area contributed by atoms with Gasteiger partial charge in [0.15, 0.2) is 17.3 Å². The minimum Gasteiger partial charge on any atom is -0.481 e. The Kier molecular flexibility index (Phi) is 8.79. The predicted octanol–water partition coefficient (Wildman–Crippen LogP) is 5.86. The number of carbonyl (C=O) groups is 4. The van der Waals surface area contributed by atoms with E-state index in [1.54, 1.807) is 0 Å². The number of rotatable bonds is 3. The number of aliphatic hydroxyl groups is 3. The second-order valence-electron chi connectivity index (χ2n) is 18.6. The molecule has 0 aliphatic heterocycles. The number of hydrogen-bond donors (Lipinski definition) is 4. The number of allylic oxidation sites excluding steroid dienone is 2. The summed E-state index contributed by atoms with van der Waals surface area (Å²) in [5, 5.41) is 41.3. The molecule has 6 fully saturated rings. The molecule has 0 amide bonds. The highest BCUT2D eigenvalue weighted by Crippen LogP contribution is 2.68. The molecule has 4 N–H and O–H groups in total. The lowest BCUT2D eigenvalue weighted by molar-refractivity contribution is -0.158. The summed E-state index contributed by atoms with van der Waals surface area (Å²) >= 11 is 0. The van der Waals surface area contributed by atoms with E-state index in [0.29, 0.717) is 49.4 Å². The van der Waals surface area contributed by atoms with Crippen molar-refractivity contribution < 1.29 is 39.6 Å². The van der Waals surface area contributed by atoms with Crippen LogP contribution >= 0.6 is 0 Å². The molecule has 0 spiro atoms. The van der Waals surface area contributed by atoms with Crippen molar-refractivity contribution in [1.82, 2.24) is 0 Å². The normalized spacial score (nSPS) is 49.8. The fourth-order valence-electron chi connectivity index (χ4n) is 14.4. The summed E-state index contributed by atoms with van der Waals surface area (Å²) in [6.07, 6.45) is 14.3. The third kappa shape index (κ3) is 5.23. The van der Waals surface area contributed by atoms with E-state index in [0.717, 1.165) is 64.2 Å². The number of carboxylic acids is 1. The molecule has 0 aromatic rings. The Morgan fingerprint density at radius 2 is 1.10 bits per heavy atom. The summed E-state index contributed by atoms with van der Waals surface area (Å²) in [5.41, 5.74) is 1.84. The maximum absolute atomic E-state index is 12.3. The molecule has 0 unspecified atom stereocenters. The number of hydrogen-bond acceptors (Lipinski definition) is 7. The molecular weight excluding hydrogens is 620 g/mol. The highest BCUT2D eigenvalue weighted by atomic mass is 16.4. The second-order valence-corrected chi connectivity index (χ2v) is 18.6. The molecule has 49 heavy (non-hydrogen) atoms. The number of Topliss-reactive ketones (excluding diaryl/α,β-unsaturated/α-hetero) is 1. The van der Waals surface area contributed by atoms with Crippen LogP contribution < -0.4 is 0 Å². The minimum absolute atomic E-state index is 0.0541. The SMILES string of the molecule is C[C@]12C[C@H](O)[C@H]3[C@@H](CCC4=CC(=O)CC[C@@]43C)[C@@H]1CC[C@@H]2C(=O)CO.C[C@]12C[C@H](O)[C@H]3[C@@H](CCC4=CC(=O)CC[C@@]43C)[C@@H]1CC[C@@H]2C(=O)O. The monoisotopic (exact) mass is 678 g/mol. The van der Waals surface area contributed by atoms with Crippen molar-refractivity contribution in [3.05, 3.63) is 23.3 Å². The smallest absolute Gasteiger partial charge is 0.307 e. The van der Waals surface area contributed by atoms with Gasteiger partial charge in [-0.15, -0.1) is 0 Å². The van der Waals surface area contributed by atoms with Crippen molar-refractivity contribution in [2.24, 2.45) is 69.0 Å². The summed E-state index contributed by atoms with van der Waals surface area (Å²) in [7, 11) is 0. The van der Waals surface area contributed by atoms with Crippen LogP contribution in [0.25, 0.3) is 0 Å². The summed E-state index contributed by atoms with van der Waals surface area (Å²) in [5.74, 6) is 1.28. The van der Waals surface area contributed by atoms with Gasteiger partial charge in [-0.3, -0.25) is 19.2 Å². The zero-order chi connectivity index (χ0) is 35.3. The second kappa shape index (κ2) is 12.2. The molecule has 6 saturated carbocycles. The van der Waals surface area contributed by atoms with Crippen LogP contribution in [0.15, 0.2) is 23.3 Å². The molecule has 0 aromatic heterocycles. The quantitative estimate of drug-likeness (QED) is 0.290. The maximum atomic E-state index is 12.3. The van der Waals surface area contributed by atoms with Gasteiger partial charge in [0, 0.05) is 18.8 Å². The van der Waals surface area contributed by atoms with E-state index < -0.39 is 18.2 Å². The number of aliphatic hydroxyl groups excluding tert-OH is 3. The van der Waals surface area contributed by atoms with Crippen LogP contribution in [0, 0.1) is 69.0 Å². The van der Waals surface area contributed by atoms with Crippen LogP contribution in [-0.2, 0) is 19.2 Å². The largest absolute Gasteiger partial charge is 0.481 e. The van der Waals surface area contributed by atoms with Crippen LogP contribution in [0.4, 0.5) is 0 Å². The van der Waals surface area contributed by atoms with E-state index in [9.17, 15) is 39.6 Å². The summed E-state index contributed by atoms with van der Waals surface area (Å²) in [6, 6.07) is 0. The van der Waals surface area contributed by atoms with Crippen molar-refractivity contribution in [3.63, 3.8) is 0 Å². The molecule has 8 aliphatic carbocycles. The third-order valence-electron chi connectivity index (χ3n) is 16.6. The molecule has 8 aliphatic rings. The predicted molar refractivity (Wildman–Crippen MR) is 183 cm³/mol. The molecule has 8 nitrogen and oxygen atoms in total. The van der Waals surface area contributed by atoms with Gasteiger partial charge in [0.1, 0.15) is 6.61 Å². The Balaban J connectivity index is 0.000000154. The standard InChI is InChI=1S/C21H30O4.C20H28O4/c1-20-8-7-13(23)9-12(20)3-4-14-15-5-6-16(18(25)11-22)21(15,2)10-17(24)19(14)20;1-19-8-7-12(21)9-11(19)3-4-13-14-5-6-15(18(23)24)20(14,2)10-16(22)17(13)19/h9,14-17,19,22,24H,3-8,10-11H2,1-2H3;9,13-17,22H,3-8,10H2,1-2H3,(H,23,24)/t14-,15-,16+,17-,19+,20-,21-;13-,14-,15+,16-,17+,19-,20-/m00/s1. The van der Waals surface area contributed by atoms with Crippen molar-refractivity contribution in [2.75, 3.05) is 6.61 Å². The summed E-state index contributed by atoms with van der Waals surface area (Å²) in [4.78, 5) is 47.8. The highest BCUT2D eigenvalue weighted by Gasteiger charge is 2.64. The average Bonchev–Trinajstić information content (AvgIpc) is 3.57. The van der Waals surface area contributed by atoms with E-state index in [4.69, 9.17) is 0 Å². The lowest BCUT2D eigenvalue weighted by atomic mass is 9.46.